The van der Waals surface area contributed by atoms with E-state index in [1.165, 1.54) is 6.07 Å². The highest BCUT2D eigenvalue weighted by molar-refractivity contribution is 5.84. The van der Waals surface area contributed by atoms with Crippen LogP contribution in [0.5, 0.6) is 0 Å². The minimum absolute atomic E-state index is 0.102. The lowest BCUT2D eigenvalue weighted by Gasteiger charge is -2.11. The normalized spacial score (nSPS) is 26.1. The van der Waals surface area contributed by atoms with Gasteiger partial charge in [-0.3, -0.25) is 4.90 Å². The third-order valence-electron chi connectivity index (χ3n) is 2.59. The molecule has 0 amide bonds. The molecule has 2 unspecified atom stereocenters. The molecule has 2 heterocycles. The van der Waals surface area contributed by atoms with Crippen LogP contribution in [-0.4, -0.2) is 51.5 Å². The fourth-order valence-corrected chi connectivity index (χ4v) is 1.77. The maximum atomic E-state index is 10.6. The zero-order chi connectivity index (χ0) is 11.7. The van der Waals surface area contributed by atoms with E-state index < -0.39 is 18.2 Å². The van der Waals surface area contributed by atoms with E-state index in [9.17, 15) is 15.0 Å². The van der Waals surface area contributed by atoms with Gasteiger partial charge in [-0.25, -0.2) is 4.79 Å². The molecular formula is C10H13NO5. The van der Waals surface area contributed by atoms with Gasteiger partial charge in [-0.2, -0.15) is 0 Å². The van der Waals surface area contributed by atoms with Crippen molar-refractivity contribution in [2.45, 2.75) is 18.8 Å². The number of carboxylic acids is 1. The molecule has 16 heavy (non-hydrogen) atoms. The molecule has 0 spiro atoms. The highest BCUT2D eigenvalue weighted by Crippen LogP contribution is 2.16. The first-order chi connectivity index (χ1) is 7.56. The number of hydrogen-bond donors (Lipinski definition) is 3. The summed E-state index contributed by atoms with van der Waals surface area (Å²) >= 11 is 0. The van der Waals surface area contributed by atoms with E-state index in [4.69, 9.17) is 9.52 Å². The summed E-state index contributed by atoms with van der Waals surface area (Å²) in [5, 5.41) is 27.3. The average molecular weight is 227 g/mol. The first kappa shape index (κ1) is 11.1. The monoisotopic (exact) mass is 227 g/mol. The average Bonchev–Trinajstić information content (AvgIpc) is 2.76. The van der Waals surface area contributed by atoms with Gasteiger partial charge in [-0.1, -0.05) is 0 Å². The third-order valence-corrected chi connectivity index (χ3v) is 2.59. The van der Waals surface area contributed by atoms with Crippen LogP contribution in [0.15, 0.2) is 16.5 Å². The van der Waals surface area contributed by atoms with Gasteiger partial charge in [-0.15, -0.1) is 0 Å². The van der Waals surface area contributed by atoms with Gasteiger partial charge in [0.05, 0.1) is 18.8 Å². The number of rotatable bonds is 3. The minimum Gasteiger partial charge on any atom is -0.475 e. The van der Waals surface area contributed by atoms with Gasteiger partial charge in [0, 0.05) is 13.1 Å². The number of β-amino-alcohol motifs (C(OH)–C–C–N with tert-alkyl or cyclic N) is 2. The Morgan fingerprint density at radius 2 is 2.00 bits per heavy atom. The highest BCUT2D eigenvalue weighted by Gasteiger charge is 2.29. The van der Waals surface area contributed by atoms with Crippen molar-refractivity contribution in [2.75, 3.05) is 13.1 Å². The summed E-state index contributed by atoms with van der Waals surface area (Å²) in [6.07, 6.45) is -1.48. The fraction of sp³-hybridized carbons (Fsp3) is 0.500. The number of aliphatic hydroxyl groups is 2. The Labute approximate surface area is 91.7 Å². The Morgan fingerprint density at radius 3 is 2.50 bits per heavy atom. The van der Waals surface area contributed by atoms with Crippen molar-refractivity contribution >= 4 is 5.97 Å². The van der Waals surface area contributed by atoms with Crippen molar-refractivity contribution in [1.82, 2.24) is 4.90 Å². The molecule has 1 aromatic heterocycles. The predicted molar refractivity (Wildman–Crippen MR) is 53.0 cm³/mol. The van der Waals surface area contributed by atoms with Crippen LogP contribution in [0.2, 0.25) is 0 Å². The van der Waals surface area contributed by atoms with Crippen LogP contribution >= 0.6 is 0 Å². The molecule has 1 aliphatic rings. The molecule has 2 atom stereocenters. The number of nitrogens with zero attached hydrogens (tertiary/aromatic N) is 1. The topological polar surface area (TPSA) is 94.1 Å². The molecule has 3 N–H and O–H groups in total. The summed E-state index contributed by atoms with van der Waals surface area (Å²) in [6, 6.07) is 2.97. The SMILES string of the molecule is O=C(O)c1ccc(CN2CC(O)C(O)C2)o1. The molecule has 88 valence electrons. The number of aromatic carboxylic acids is 1. The second kappa shape index (κ2) is 4.25. The summed E-state index contributed by atoms with van der Waals surface area (Å²) in [4.78, 5) is 12.4. The first-order valence-electron chi connectivity index (χ1n) is 4.97. The number of aliphatic hydroxyl groups excluding tert-OH is 2. The van der Waals surface area contributed by atoms with Gasteiger partial charge in [-0.05, 0) is 12.1 Å². The van der Waals surface area contributed by atoms with Crippen LogP contribution in [0.3, 0.4) is 0 Å². The van der Waals surface area contributed by atoms with Gasteiger partial charge in [0.2, 0.25) is 5.76 Å². The van der Waals surface area contributed by atoms with Crippen LogP contribution in [0, 0.1) is 0 Å². The maximum absolute atomic E-state index is 10.6. The summed E-state index contributed by atoms with van der Waals surface area (Å²) < 4.78 is 5.07. The Kier molecular flexibility index (Phi) is 2.95. The second-order valence-corrected chi connectivity index (χ2v) is 3.90. The van der Waals surface area contributed by atoms with Crippen molar-refractivity contribution < 1.29 is 24.5 Å². The number of carboxylic acid groups (broad SMARTS) is 1. The zero-order valence-corrected chi connectivity index (χ0v) is 8.54. The Balaban J connectivity index is 1.97. The van der Waals surface area contributed by atoms with Crippen LogP contribution in [-0.2, 0) is 6.54 Å². The van der Waals surface area contributed by atoms with E-state index in [1.807, 2.05) is 0 Å². The minimum atomic E-state index is -1.10. The molecule has 0 aromatic carbocycles. The van der Waals surface area contributed by atoms with Gasteiger partial charge >= 0.3 is 5.97 Å². The van der Waals surface area contributed by atoms with Crippen LogP contribution in [0.1, 0.15) is 16.3 Å². The Morgan fingerprint density at radius 1 is 1.38 bits per heavy atom. The number of furan rings is 1. The molecule has 0 radical (unpaired) electrons. The second-order valence-electron chi connectivity index (χ2n) is 3.90. The lowest BCUT2D eigenvalue weighted by atomic mass is 10.3. The molecule has 0 saturated carbocycles. The summed E-state index contributed by atoms with van der Waals surface area (Å²) in [7, 11) is 0. The lowest BCUT2D eigenvalue weighted by molar-refractivity contribution is 0.0572. The van der Waals surface area contributed by atoms with Crippen molar-refractivity contribution in [3.63, 3.8) is 0 Å². The highest BCUT2D eigenvalue weighted by atomic mass is 16.4. The largest absolute Gasteiger partial charge is 0.475 e. The Hall–Kier alpha value is -1.37. The summed E-state index contributed by atoms with van der Waals surface area (Å²) in [6.45, 7) is 1.12. The number of likely N-dealkylation sites (tertiary alicyclic amines) is 1. The quantitative estimate of drug-likeness (QED) is 0.645. The molecule has 0 bridgehead atoms. The van der Waals surface area contributed by atoms with Crippen molar-refractivity contribution in [2.24, 2.45) is 0 Å². The van der Waals surface area contributed by atoms with E-state index >= 15 is 0 Å². The van der Waals surface area contributed by atoms with E-state index in [1.54, 1.807) is 11.0 Å². The maximum Gasteiger partial charge on any atom is 0.371 e. The molecule has 1 saturated heterocycles. The smallest absolute Gasteiger partial charge is 0.371 e. The summed E-state index contributed by atoms with van der Waals surface area (Å²) in [5.74, 6) is -0.693. The number of carbonyl (C=O) groups is 1. The van der Waals surface area contributed by atoms with Gasteiger partial charge in [0.15, 0.2) is 0 Å². The van der Waals surface area contributed by atoms with Gasteiger partial charge in [0.25, 0.3) is 0 Å². The standard InChI is InChI=1S/C10H13NO5/c12-7-4-11(5-8(7)13)3-6-1-2-9(16-6)10(14)15/h1-2,7-8,12-13H,3-5H2,(H,14,15). The van der Waals surface area contributed by atoms with Gasteiger partial charge in [0.1, 0.15) is 5.76 Å². The first-order valence-corrected chi connectivity index (χ1v) is 4.97. The third kappa shape index (κ3) is 2.24. The zero-order valence-electron chi connectivity index (χ0n) is 8.54. The molecule has 6 nitrogen and oxygen atoms in total. The van der Waals surface area contributed by atoms with E-state index in [0.717, 1.165) is 0 Å². The van der Waals surface area contributed by atoms with Crippen LogP contribution in [0.4, 0.5) is 0 Å². The number of hydrogen-bond acceptors (Lipinski definition) is 5. The van der Waals surface area contributed by atoms with E-state index in [-0.39, 0.29) is 5.76 Å². The Bertz CT molecular complexity index is 378. The summed E-state index contributed by atoms with van der Waals surface area (Å²) in [5.41, 5.74) is 0. The molecule has 0 aliphatic carbocycles. The van der Waals surface area contributed by atoms with E-state index in [0.29, 0.717) is 25.4 Å². The molecule has 1 aliphatic heterocycles. The van der Waals surface area contributed by atoms with Crippen LogP contribution in [0.25, 0.3) is 0 Å². The van der Waals surface area contributed by atoms with Crippen molar-refractivity contribution in [3.8, 4) is 0 Å². The van der Waals surface area contributed by atoms with Crippen molar-refractivity contribution in [3.05, 3.63) is 23.7 Å². The van der Waals surface area contributed by atoms with Crippen molar-refractivity contribution in [1.29, 1.82) is 0 Å². The molecule has 6 heteroatoms. The molecule has 1 fully saturated rings. The fourth-order valence-electron chi connectivity index (χ4n) is 1.77. The van der Waals surface area contributed by atoms with Crippen LogP contribution < -0.4 is 0 Å². The molecule has 2 rings (SSSR count). The predicted octanol–water partition coefficient (Wildman–Crippen LogP) is -0.485. The van der Waals surface area contributed by atoms with E-state index in [2.05, 4.69) is 0 Å². The van der Waals surface area contributed by atoms with Gasteiger partial charge < -0.3 is 19.7 Å². The molecule has 1 aromatic rings. The molecular weight excluding hydrogens is 214 g/mol. The lowest BCUT2D eigenvalue weighted by Crippen LogP contribution is -2.22.